The Hall–Kier alpha value is -0.810. The van der Waals surface area contributed by atoms with Gasteiger partial charge in [0.1, 0.15) is 6.23 Å². The Morgan fingerprint density at radius 2 is 2.16 bits per heavy atom. The molecular weight excluding hydrogens is 289 g/mol. The Kier molecular flexibility index (Phi) is 5.05. The summed E-state index contributed by atoms with van der Waals surface area (Å²) in [6.45, 7) is 0. The molecule has 1 heterocycles. The molecule has 0 aromatic heterocycles. The second-order valence-corrected chi connectivity index (χ2v) is 4.78. The van der Waals surface area contributed by atoms with Crippen LogP contribution in [-0.2, 0) is 20.1 Å². The van der Waals surface area contributed by atoms with Gasteiger partial charge in [-0.05, 0) is 11.1 Å². The molecule has 6 heteroatoms. The second-order valence-electron chi connectivity index (χ2n) is 4.20. The number of alkyl halides is 2. The van der Waals surface area contributed by atoms with Crippen LogP contribution in [0.15, 0.2) is 24.3 Å². The summed E-state index contributed by atoms with van der Waals surface area (Å²) in [7, 11) is 1.34. The van der Waals surface area contributed by atoms with Crippen LogP contribution in [0, 0.1) is 0 Å². The molecule has 1 aromatic carbocycles. The lowest BCUT2D eigenvalue weighted by molar-refractivity contribution is -0.153. The molecule has 0 saturated carbocycles. The average Bonchev–Trinajstić information content (AvgIpc) is 2.90. The molecule has 0 amide bonds. The van der Waals surface area contributed by atoms with Crippen molar-refractivity contribution in [1.82, 2.24) is 5.32 Å². The average molecular weight is 304 g/mol. The highest BCUT2D eigenvalue weighted by atomic mass is 35.5. The van der Waals surface area contributed by atoms with Crippen molar-refractivity contribution >= 4 is 29.2 Å². The predicted octanol–water partition coefficient (Wildman–Crippen LogP) is 2.19. The number of hydrogen-bond donors (Lipinski definition) is 1. The van der Waals surface area contributed by atoms with Gasteiger partial charge >= 0.3 is 5.97 Å². The second kappa shape index (κ2) is 6.57. The van der Waals surface area contributed by atoms with Crippen LogP contribution in [0.25, 0.3) is 0 Å². The summed E-state index contributed by atoms with van der Waals surface area (Å²) in [6, 6.07) is 7.35. The Balaban J connectivity index is 2.32. The lowest BCUT2D eigenvalue weighted by Gasteiger charge is -2.18. The third-order valence-corrected chi connectivity index (χ3v) is 3.66. The molecular formula is C13H15Cl2NO3. The van der Waals surface area contributed by atoms with Gasteiger partial charge in [0.25, 0.3) is 0 Å². The number of benzene rings is 1. The van der Waals surface area contributed by atoms with E-state index in [1.165, 1.54) is 7.11 Å². The summed E-state index contributed by atoms with van der Waals surface area (Å²) in [5, 5.41) is 3.18. The molecule has 19 heavy (non-hydrogen) atoms. The highest BCUT2D eigenvalue weighted by Gasteiger charge is 2.41. The van der Waals surface area contributed by atoms with E-state index >= 15 is 0 Å². The third-order valence-electron chi connectivity index (χ3n) is 3.09. The van der Waals surface area contributed by atoms with Gasteiger partial charge in [-0.1, -0.05) is 24.3 Å². The number of ether oxygens (including phenoxy) is 2. The van der Waals surface area contributed by atoms with Crippen LogP contribution in [0.1, 0.15) is 17.2 Å². The number of rotatable bonds is 4. The number of carbonyl (C=O) groups excluding carboxylic acids is 1. The fraction of sp³-hybridized carbons (Fsp3) is 0.462. The van der Waals surface area contributed by atoms with Crippen molar-refractivity contribution in [2.75, 3.05) is 13.0 Å². The van der Waals surface area contributed by atoms with E-state index in [2.05, 4.69) is 5.32 Å². The largest absolute Gasteiger partial charge is 0.467 e. The van der Waals surface area contributed by atoms with E-state index in [1.807, 2.05) is 24.3 Å². The van der Waals surface area contributed by atoms with Gasteiger partial charge in [0.05, 0.1) is 19.0 Å². The fourth-order valence-electron chi connectivity index (χ4n) is 2.18. The van der Waals surface area contributed by atoms with Crippen LogP contribution in [0.5, 0.6) is 0 Å². The quantitative estimate of drug-likeness (QED) is 0.684. The van der Waals surface area contributed by atoms with Gasteiger partial charge in [-0.3, -0.25) is 5.32 Å². The minimum Gasteiger partial charge on any atom is -0.467 e. The number of halogens is 2. The first-order valence-electron chi connectivity index (χ1n) is 5.90. The Morgan fingerprint density at radius 1 is 1.42 bits per heavy atom. The molecule has 0 spiro atoms. The van der Waals surface area contributed by atoms with E-state index in [1.54, 1.807) is 0 Å². The molecule has 3 atom stereocenters. The van der Waals surface area contributed by atoms with Crippen molar-refractivity contribution in [1.29, 1.82) is 0 Å². The molecule has 104 valence electrons. The van der Waals surface area contributed by atoms with E-state index in [-0.39, 0.29) is 18.1 Å². The molecule has 4 nitrogen and oxygen atoms in total. The molecule has 0 radical (unpaired) electrons. The third kappa shape index (κ3) is 3.03. The van der Waals surface area contributed by atoms with Crippen LogP contribution in [0.4, 0.5) is 0 Å². The molecule has 0 aliphatic carbocycles. The molecule has 0 bridgehead atoms. The maximum Gasteiger partial charge on any atom is 0.337 e. The van der Waals surface area contributed by atoms with Crippen LogP contribution in [-0.4, -0.2) is 31.3 Å². The van der Waals surface area contributed by atoms with Crippen molar-refractivity contribution in [3.05, 3.63) is 35.4 Å². The summed E-state index contributed by atoms with van der Waals surface area (Å²) in [4.78, 5) is 11.8. The zero-order chi connectivity index (χ0) is 13.8. The van der Waals surface area contributed by atoms with Crippen molar-refractivity contribution in [2.24, 2.45) is 0 Å². The van der Waals surface area contributed by atoms with Gasteiger partial charge in [0.15, 0.2) is 6.10 Å². The summed E-state index contributed by atoms with van der Waals surface area (Å²) < 4.78 is 10.3. The van der Waals surface area contributed by atoms with E-state index in [0.717, 1.165) is 11.1 Å². The normalized spacial score (nSPS) is 26.4. The number of hydrogen-bond acceptors (Lipinski definition) is 4. The topological polar surface area (TPSA) is 47.6 Å². The Bertz CT molecular complexity index is 455. The van der Waals surface area contributed by atoms with E-state index in [9.17, 15) is 4.79 Å². The summed E-state index contributed by atoms with van der Waals surface area (Å²) >= 11 is 11.7. The van der Waals surface area contributed by atoms with Gasteiger partial charge in [0.2, 0.25) is 0 Å². The molecule has 1 aromatic rings. The first-order chi connectivity index (χ1) is 9.21. The van der Waals surface area contributed by atoms with Gasteiger partial charge in [-0.25, -0.2) is 4.79 Å². The number of esters is 1. The number of carbonyl (C=O) groups is 1. The minimum atomic E-state index is -0.710. The first-order valence-corrected chi connectivity index (χ1v) is 6.97. The number of methoxy groups -OCH3 is 1. The maximum atomic E-state index is 11.8. The first kappa shape index (κ1) is 14.6. The van der Waals surface area contributed by atoms with E-state index in [4.69, 9.17) is 32.7 Å². The molecule has 2 rings (SSSR count). The Labute approximate surface area is 122 Å². The van der Waals surface area contributed by atoms with Crippen LogP contribution < -0.4 is 5.32 Å². The maximum absolute atomic E-state index is 11.8. The molecule has 1 saturated heterocycles. The number of nitrogens with one attached hydrogen (secondary N) is 1. The van der Waals surface area contributed by atoms with Crippen molar-refractivity contribution in [3.8, 4) is 0 Å². The molecule has 3 unspecified atom stereocenters. The van der Waals surface area contributed by atoms with Crippen LogP contribution in [0.3, 0.4) is 0 Å². The monoisotopic (exact) mass is 303 g/mol. The van der Waals surface area contributed by atoms with Gasteiger partial charge < -0.3 is 9.47 Å². The van der Waals surface area contributed by atoms with Crippen molar-refractivity contribution in [2.45, 2.75) is 24.3 Å². The van der Waals surface area contributed by atoms with Crippen molar-refractivity contribution < 1.29 is 14.3 Å². The molecule has 1 aliphatic rings. The summed E-state index contributed by atoms with van der Waals surface area (Å²) in [5.41, 5.74) is 1.88. The Morgan fingerprint density at radius 3 is 2.79 bits per heavy atom. The van der Waals surface area contributed by atoms with Crippen molar-refractivity contribution in [3.63, 3.8) is 0 Å². The van der Waals surface area contributed by atoms with Crippen LogP contribution >= 0.6 is 23.2 Å². The molecule has 1 N–H and O–H groups in total. The highest BCUT2D eigenvalue weighted by Crippen LogP contribution is 2.30. The van der Waals surface area contributed by atoms with Gasteiger partial charge in [-0.15, -0.1) is 23.2 Å². The highest BCUT2D eigenvalue weighted by molar-refractivity contribution is 6.18. The molecule has 1 aliphatic heterocycles. The standard InChI is InChI=1S/C13H15Cl2NO3/c1-18-13(17)12-11(16-10(7-15)19-12)9-5-3-2-4-8(9)6-14/h2-5,10-12,16H,6-7H2,1H3. The molecule has 1 fully saturated rings. The summed E-state index contributed by atoms with van der Waals surface area (Å²) in [5.74, 6) is 0.204. The van der Waals surface area contributed by atoms with E-state index in [0.29, 0.717) is 5.88 Å². The van der Waals surface area contributed by atoms with E-state index < -0.39 is 12.1 Å². The minimum absolute atomic E-state index is 0.257. The van der Waals surface area contributed by atoms with Gasteiger partial charge in [-0.2, -0.15) is 0 Å². The fourth-order valence-corrected chi connectivity index (χ4v) is 2.59. The van der Waals surface area contributed by atoms with Crippen LogP contribution in [0.2, 0.25) is 0 Å². The predicted molar refractivity (Wildman–Crippen MR) is 73.3 cm³/mol. The zero-order valence-corrected chi connectivity index (χ0v) is 11.9. The lowest BCUT2D eigenvalue weighted by atomic mass is 9.97. The summed E-state index contributed by atoms with van der Waals surface area (Å²) in [6.07, 6.45) is -1.09. The zero-order valence-electron chi connectivity index (χ0n) is 10.4. The smallest absolute Gasteiger partial charge is 0.337 e. The van der Waals surface area contributed by atoms with Gasteiger partial charge in [0, 0.05) is 5.88 Å². The SMILES string of the molecule is COC(=O)C1OC(CCl)NC1c1ccccc1CCl. The lowest BCUT2D eigenvalue weighted by Crippen LogP contribution is -2.31.